The molecule has 3 rings (SSSR count). The summed E-state index contributed by atoms with van der Waals surface area (Å²) in [6, 6.07) is 4.21. The van der Waals surface area contributed by atoms with Crippen LogP contribution >= 0.6 is 0 Å². The lowest BCUT2D eigenvalue weighted by Gasteiger charge is -2.45. The summed E-state index contributed by atoms with van der Waals surface area (Å²) < 4.78 is 0. The quantitative estimate of drug-likeness (QED) is 0.710. The molecule has 2 fully saturated rings. The van der Waals surface area contributed by atoms with Gasteiger partial charge in [-0.2, -0.15) is 0 Å². The Hall–Kier alpha value is -1.09. The lowest BCUT2D eigenvalue weighted by atomic mass is 9.85. The maximum absolute atomic E-state index is 4.22. The molecule has 1 aromatic heterocycles. The van der Waals surface area contributed by atoms with Gasteiger partial charge in [-0.05, 0) is 37.4 Å². The predicted molar refractivity (Wildman–Crippen MR) is 65.5 cm³/mol. The Bertz CT molecular complexity index is 333. The highest BCUT2D eigenvalue weighted by Gasteiger charge is 2.32. The summed E-state index contributed by atoms with van der Waals surface area (Å²) in [6.45, 7) is 4.92. The van der Waals surface area contributed by atoms with Crippen molar-refractivity contribution in [2.24, 2.45) is 11.8 Å². The van der Waals surface area contributed by atoms with Crippen LogP contribution in [-0.4, -0.2) is 43.1 Å². The summed E-state index contributed by atoms with van der Waals surface area (Å²) in [7, 11) is 2.25. The Labute approximate surface area is 97.1 Å². The van der Waals surface area contributed by atoms with Crippen LogP contribution in [0.1, 0.15) is 6.42 Å². The van der Waals surface area contributed by atoms with E-state index in [0.29, 0.717) is 0 Å². The second-order valence-corrected chi connectivity index (χ2v) is 5.31. The van der Waals surface area contributed by atoms with E-state index < -0.39 is 0 Å². The number of aromatic nitrogens is 1. The number of piperidine rings is 2. The zero-order chi connectivity index (χ0) is 11.0. The van der Waals surface area contributed by atoms with Crippen LogP contribution in [0.25, 0.3) is 0 Å². The van der Waals surface area contributed by atoms with Crippen molar-refractivity contribution in [3.8, 4) is 0 Å². The van der Waals surface area contributed by atoms with Crippen LogP contribution in [0, 0.1) is 11.8 Å². The van der Waals surface area contributed by atoms with Crippen LogP contribution in [0.2, 0.25) is 0 Å². The molecule has 0 amide bonds. The minimum atomic E-state index is 0.845. The van der Waals surface area contributed by atoms with E-state index in [4.69, 9.17) is 0 Å². The van der Waals surface area contributed by atoms with Gasteiger partial charge in [0.15, 0.2) is 0 Å². The monoisotopic (exact) mass is 217 g/mol. The summed E-state index contributed by atoms with van der Waals surface area (Å²) in [5, 5.41) is 0. The van der Waals surface area contributed by atoms with Crippen LogP contribution in [0.4, 0.5) is 5.69 Å². The van der Waals surface area contributed by atoms with E-state index in [1.54, 1.807) is 0 Å². The molecule has 0 radical (unpaired) electrons. The van der Waals surface area contributed by atoms with Gasteiger partial charge in [0.05, 0.1) is 11.9 Å². The summed E-state index contributed by atoms with van der Waals surface area (Å²) in [4.78, 5) is 9.21. The Kier molecular flexibility index (Phi) is 2.56. The lowest BCUT2D eigenvalue weighted by Crippen LogP contribution is -2.51. The van der Waals surface area contributed by atoms with Crippen molar-refractivity contribution in [2.45, 2.75) is 6.42 Å². The van der Waals surface area contributed by atoms with Crippen molar-refractivity contribution < 1.29 is 0 Å². The van der Waals surface area contributed by atoms with Crippen molar-refractivity contribution in [3.63, 3.8) is 0 Å². The van der Waals surface area contributed by atoms with Crippen molar-refractivity contribution in [3.05, 3.63) is 24.5 Å². The minimum Gasteiger partial charge on any atom is -0.370 e. The topological polar surface area (TPSA) is 19.4 Å². The number of hydrogen-bond donors (Lipinski definition) is 0. The van der Waals surface area contributed by atoms with Crippen LogP contribution in [0.15, 0.2) is 24.5 Å². The number of rotatable bonds is 1. The molecule has 3 heterocycles. The fourth-order valence-corrected chi connectivity index (χ4v) is 3.29. The van der Waals surface area contributed by atoms with E-state index >= 15 is 0 Å². The molecule has 3 heteroatoms. The van der Waals surface area contributed by atoms with Crippen LogP contribution < -0.4 is 4.90 Å². The second kappa shape index (κ2) is 4.06. The smallest absolute Gasteiger partial charge is 0.0552 e. The first-order chi connectivity index (χ1) is 7.81. The van der Waals surface area contributed by atoms with Gasteiger partial charge in [0.1, 0.15) is 0 Å². The molecule has 0 saturated carbocycles. The molecule has 2 aliphatic heterocycles. The summed E-state index contributed by atoms with van der Waals surface area (Å²) in [5.41, 5.74) is 1.29. The first-order valence-electron chi connectivity index (χ1n) is 6.15. The van der Waals surface area contributed by atoms with E-state index in [2.05, 4.69) is 27.9 Å². The van der Waals surface area contributed by atoms with E-state index in [1.807, 2.05) is 18.5 Å². The molecule has 2 atom stereocenters. The van der Waals surface area contributed by atoms with Gasteiger partial charge in [0.2, 0.25) is 0 Å². The van der Waals surface area contributed by atoms with E-state index in [0.717, 1.165) is 11.8 Å². The number of likely N-dealkylation sites (tertiary alicyclic amines) is 1. The predicted octanol–water partition coefficient (Wildman–Crippen LogP) is 1.47. The highest BCUT2D eigenvalue weighted by molar-refractivity contribution is 5.44. The SMILES string of the molecule is CN1CC2CC(C1)CN(c1cccnc1)C2. The number of pyridine rings is 1. The third-order valence-electron chi connectivity index (χ3n) is 3.77. The Morgan fingerprint density at radius 2 is 1.94 bits per heavy atom. The zero-order valence-corrected chi connectivity index (χ0v) is 9.84. The average Bonchev–Trinajstić information content (AvgIpc) is 2.28. The molecule has 0 N–H and O–H groups in total. The van der Waals surface area contributed by atoms with Gasteiger partial charge in [-0.3, -0.25) is 4.98 Å². The summed E-state index contributed by atoms with van der Waals surface area (Å²) >= 11 is 0. The largest absolute Gasteiger partial charge is 0.370 e. The van der Waals surface area contributed by atoms with Crippen LogP contribution in [0.3, 0.4) is 0 Å². The average molecular weight is 217 g/mol. The molecular formula is C13H19N3. The fraction of sp³-hybridized carbons (Fsp3) is 0.615. The maximum Gasteiger partial charge on any atom is 0.0552 e. The molecule has 1 aromatic rings. The number of nitrogens with zero attached hydrogens (tertiary/aromatic N) is 3. The van der Waals surface area contributed by atoms with Gasteiger partial charge in [0, 0.05) is 32.4 Å². The molecule has 16 heavy (non-hydrogen) atoms. The Morgan fingerprint density at radius 1 is 1.19 bits per heavy atom. The fourth-order valence-electron chi connectivity index (χ4n) is 3.29. The Balaban J connectivity index is 1.76. The summed E-state index contributed by atoms with van der Waals surface area (Å²) in [6.07, 6.45) is 5.26. The van der Waals surface area contributed by atoms with E-state index in [1.165, 1.54) is 38.3 Å². The zero-order valence-electron chi connectivity index (χ0n) is 9.84. The highest BCUT2D eigenvalue weighted by atomic mass is 15.2. The molecule has 2 saturated heterocycles. The first kappa shape index (κ1) is 10.1. The number of anilines is 1. The normalized spacial score (nSPS) is 30.4. The second-order valence-electron chi connectivity index (χ2n) is 5.31. The molecule has 0 aliphatic carbocycles. The number of fused-ring (bicyclic) bond motifs is 2. The molecule has 0 aromatic carbocycles. The molecule has 3 nitrogen and oxygen atoms in total. The maximum atomic E-state index is 4.22. The highest BCUT2D eigenvalue weighted by Crippen LogP contribution is 2.30. The Morgan fingerprint density at radius 3 is 2.56 bits per heavy atom. The van der Waals surface area contributed by atoms with Crippen LogP contribution in [-0.2, 0) is 0 Å². The number of hydrogen-bond acceptors (Lipinski definition) is 3. The molecule has 2 aliphatic rings. The summed E-state index contributed by atoms with van der Waals surface area (Å²) in [5.74, 6) is 1.69. The lowest BCUT2D eigenvalue weighted by molar-refractivity contribution is 0.133. The van der Waals surface area contributed by atoms with Gasteiger partial charge in [0.25, 0.3) is 0 Å². The molecular weight excluding hydrogens is 198 g/mol. The standard InChI is InChI=1S/C13H19N3/c1-15-7-11-5-12(8-15)10-16(9-11)13-3-2-4-14-6-13/h2-4,6,11-12H,5,7-10H2,1H3. The molecule has 2 bridgehead atoms. The van der Waals surface area contributed by atoms with Crippen molar-refractivity contribution >= 4 is 5.69 Å². The first-order valence-corrected chi connectivity index (χ1v) is 6.15. The van der Waals surface area contributed by atoms with Crippen molar-refractivity contribution in [2.75, 3.05) is 38.1 Å². The third kappa shape index (κ3) is 1.92. The third-order valence-corrected chi connectivity index (χ3v) is 3.77. The van der Waals surface area contributed by atoms with Gasteiger partial charge in [-0.25, -0.2) is 0 Å². The molecule has 2 unspecified atom stereocenters. The van der Waals surface area contributed by atoms with E-state index in [-0.39, 0.29) is 0 Å². The van der Waals surface area contributed by atoms with Crippen molar-refractivity contribution in [1.82, 2.24) is 9.88 Å². The van der Waals surface area contributed by atoms with Crippen LogP contribution in [0.5, 0.6) is 0 Å². The van der Waals surface area contributed by atoms with Gasteiger partial charge >= 0.3 is 0 Å². The van der Waals surface area contributed by atoms with Gasteiger partial charge < -0.3 is 9.80 Å². The van der Waals surface area contributed by atoms with Gasteiger partial charge in [-0.15, -0.1) is 0 Å². The molecule has 0 spiro atoms. The molecule has 86 valence electrons. The van der Waals surface area contributed by atoms with E-state index in [9.17, 15) is 0 Å². The minimum absolute atomic E-state index is 0.845. The van der Waals surface area contributed by atoms with Crippen molar-refractivity contribution in [1.29, 1.82) is 0 Å². The van der Waals surface area contributed by atoms with Gasteiger partial charge in [-0.1, -0.05) is 0 Å².